The second-order valence-corrected chi connectivity index (χ2v) is 12.2. The van der Waals surface area contributed by atoms with Crippen molar-refractivity contribution in [1.29, 1.82) is 0 Å². The molecule has 1 amide bonds. The molecule has 0 heterocycles. The van der Waals surface area contributed by atoms with Crippen LogP contribution in [0.3, 0.4) is 0 Å². The Morgan fingerprint density at radius 3 is 2.39 bits per heavy atom. The van der Waals surface area contributed by atoms with Gasteiger partial charge in [0.1, 0.15) is 6.61 Å². The summed E-state index contributed by atoms with van der Waals surface area (Å²) in [6.45, 7) is 23.2. The van der Waals surface area contributed by atoms with Crippen LogP contribution < -0.4 is 5.32 Å². The number of carbonyl (C=O) groups is 2. The highest BCUT2D eigenvalue weighted by Crippen LogP contribution is 2.48. The molecule has 1 saturated carbocycles. The van der Waals surface area contributed by atoms with Gasteiger partial charge in [0.25, 0.3) is 0 Å². The molecule has 1 fully saturated rings. The molecule has 5 nitrogen and oxygen atoms in total. The predicted octanol–water partition coefficient (Wildman–Crippen LogP) is 6.37. The Morgan fingerprint density at radius 1 is 1.18 bits per heavy atom. The maximum atomic E-state index is 12.3. The molecule has 5 heteroatoms. The number of esters is 1. The lowest BCUT2D eigenvalue weighted by Crippen LogP contribution is -2.47. The van der Waals surface area contributed by atoms with Gasteiger partial charge in [-0.05, 0) is 76.0 Å². The molecule has 3 atom stereocenters. The SMILES string of the molecule is C=C(CC)C(=O)NC1CC(C)(C)CC(C)(C/C=C/C(=O)OCC(C)OC(C)(C)CC(C)C)C1. The van der Waals surface area contributed by atoms with Crippen LogP contribution in [0.1, 0.15) is 101 Å². The fraction of sp³-hybridized carbons (Fsp3) is 0.786. The highest BCUT2D eigenvalue weighted by atomic mass is 16.6. The molecule has 33 heavy (non-hydrogen) atoms. The van der Waals surface area contributed by atoms with Crippen molar-refractivity contribution in [3.05, 3.63) is 24.3 Å². The molecule has 0 radical (unpaired) electrons. The molecule has 1 aliphatic carbocycles. The van der Waals surface area contributed by atoms with Gasteiger partial charge >= 0.3 is 5.97 Å². The van der Waals surface area contributed by atoms with Crippen LogP contribution in [0.25, 0.3) is 0 Å². The lowest BCUT2D eigenvalue weighted by molar-refractivity contribution is -0.147. The van der Waals surface area contributed by atoms with Crippen molar-refractivity contribution in [3.63, 3.8) is 0 Å². The molecule has 190 valence electrons. The van der Waals surface area contributed by atoms with Crippen LogP contribution >= 0.6 is 0 Å². The van der Waals surface area contributed by atoms with E-state index in [9.17, 15) is 9.59 Å². The smallest absolute Gasteiger partial charge is 0.330 e. The summed E-state index contributed by atoms with van der Waals surface area (Å²) in [5.74, 6) is 0.159. The molecule has 0 saturated heterocycles. The zero-order chi connectivity index (χ0) is 25.4. The van der Waals surface area contributed by atoms with Crippen LogP contribution in [0.4, 0.5) is 0 Å². The van der Waals surface area contributed by atoms with E-state index in [0.717, 1.165) is 32.1 Å². The monoisotopic (exact) mass is 463 g/mol. The third-order valence-corrected chi connectivity index (χ3v) is 6.27. The predicted molar refractivity (Wildman–Crippen MR) is 136 cm³/mol. The molecule has 1 aliphatic rings. The Labute approximate surface area is 202 Å². The number of allylic oxidation sites excluding steroid dienone is 1. The van der Waals surface area contributed by atoms with E-state index in [1.807, 2.05) is 19.9 Å². The van der Waals surface area contributed by atoms with E-state index in [4.69, 9.17) is 9.47 Å². The first kappa shape index (κ1) is 29.4. The van der Waals surface area contributed by atoms with E-state index >= 15 is 0 Å². The summed E-state index contributed by atoms with van der Waals surface area (Å²) in [5.41, 5.74) is 0.491. The average molecular weight is 464 g/mol. The maximum absolute atomic E-state index is 12.3. The lowest BCUT2D eigenvalue weighted by Gasteiger charge is -2.46. The maximum Gasteiger partial charge on any atom is 0.330 e. The first-order valence-electron chi connectivity index (χ1n) is 12.6. The molecule has 0 spiro atoms. The zero-order valence-electron chi connectivity index (χ0n) is 22.7. The van der Waals surface area contributed by atoms with Gasteiger partial charge in [-0.1, -0.05) is 54.2 Å². The number of hydrogen-bond donors (Lipinski definition) is 1. The Bertz CT molecular complexity index is 707. The first-order valence-corrected chi connectivity index (χ1v) is 12.6. The number of nitrogens with one attached hydrogen (secondary N) is 1. The summed E-state index contributed by atoms with van der Waals surface area (Å²) in [6.07, 6.45) is 8.53. The minimum atomic E-state index is -0.338. The summed E-state index contributed by atoms with van der Waals surface area (Å²) in [4.78, 5) is 24.6. The second-order valence-electron chi connectivity index (χ2n) is 12.2. The van der Waals surface area contributed by atoms with E-state index in [2.05, 4.69) is 60.4 Å². The van der Waals surface area contributed by atoms with Crippen molar-refractivity contribution in [2.75, 3.05) is 6.61 Å². The Balaban J connectivity index is 2.59. The number of hydrogen-bond acceptors (Lipinski definition) is 4. The third kappa shape index (κ3) is 11.4. The van der Waals surface area contributed by atoms with Gasteiger partial charge in [0, 0.05) is 17.7 Å². The normalized spacial score (nSPS) is 24.0. The molecule has 1 N–H and O–H groups in total. The lowest BCUT2D eigenvalue weighted by atomic mass is 9.61. The van der Waals surface area contributed by atoms with Crippen molar-refractivity contribution in [1.82, 2.24) is 5.32 Å². The van der Waals surface area contributed by atoms with Crippen molar-refractivity contribution >= 4 is 11.9 Å². The summed E-state index contributed by atoms with van der Waals surface area (Å²) in [6, 6.07) is 0.113. The first-order chi connectivity index (χ1) is 15.1. The molecule has 3 unspecified atom stereocenters. The highest BCUT2D eigenvalue weighted by Gasteiger charge is 2.41. The molecular weight excluding hydrogens is 414 g/mol. The van der Waals surface area contributed by atoms with Gasteiger partial charge in [0.15, 0.2) is 0 Å². The van der Waals surface area contributed by atoms with E-state index < -0.39 is 0 Å². The highest BCUT2D eigenvalue weighted by molar-refractivity contribution is 5.92. The Kier molecular flexibility index (Phi) is 10.9. The summed E-state index contributed by atoms with van der Waals surface area (Å²) < 4.78 is 11.5. The van der Waals surface area contributed by atoms with Crippen LogP contribution in [0.2, 0.25) is 0 Å². The molecule has 0 aromatic rings. The fourth-order valence-electron chi connectivity index (χ4n) is 5.64. The van der Waals surface area contributed by atoms with Crippen molar-refractivity contribution in [2.45, 2.75) is 119 Å². The van der Waals surface area contributed by atoms with Gasteiger partial charge in [0.05, 0.1) is 11.7 Å². The largest absolute Gasteiger partial charge is 0.460 e. The summed E-state index contributed by atoms with van der Waals surface area (Å²) in [5, 5.41) is 3.17. The molecular formula is C28H49NO4. The fourth-order valence-corrected chi connectivity index (χ4v) is 5.64. The van der Waals surface area contributed by atoms with Crippen molar-refractivity contribution in [2.24, 2.45) is 16.7 Å². The molecule has 0 bridgehead atoms. The van der Waals surface area contributed by atoms with Gasteiger partial charge in [-0.2, -0.15) is 0 Å². The average Bonchev–Trinajstić information content (AvgIpc) is 2.62. The van der Waals surface area contributed by atoms with Gasteiger partial charge < -0.3 is 14.8 Å². The standard InChI is InChI=1S/C28H49NO4/c1-11-21(4)25(31)29-23-16-26(6,7)19-28(10,17-23)14-12-13-24(30)32-18-22(5)33-27(8,9)15-20(2)3/h12-13,20,22-23H,4,11,14-19H2,1-3,5-10H3,(H,29,31)/b13-12+. The van der Waals surface area contributed by atoms with E-state index in [0.29, 0.717) is 17.9 Å². The van der Waals surface area contributed by atoms with Crippen LogP contribution in [-0.2, 0) is 19.1 Å². The Hall–Kier alpha value is -1.62. The molecule has 1 rings (SSSR count). The van der Waals surface area contributed by atoms with E-state index in [1.165, 1.54) is 6.08 Å². The van der Waals surface area contributed by atoms with Crippen molar-refractivity contribution in [3.8, 4) is 0 Å². The third-order valence-electron chi connectivity index (χ3n) is 6.27. The molecule has 0 aromatic carbocycles. The number of rotatable bonds is 12. The van der Waals surface area contributed by atoms with Gasteiger partial charge in [-0.3, -0.25) is 4.79 Å². The van der Waals surface area contributed by atoms with Gasteiger partial charge in [0.2, 0.25) is 5.91 Å². The van der Waals surface area contributed by atoms with Gasteiger partial charge in [-0.25, -0.2) is 4.79 Å². The number of ether oxygens (including phenoxy) is 2. The summed E-state index contributed by atoms with van der Waals surface area (Å²) >= 11 is 0. The zero-order valence-corrected chi connectivity index (χ0v) is 22.7. The molecule has 0 aromatic heterocycles. The minimum absolute atomic E-state index is 0.00129. The van der Waals surface area contributed by atoms with E-state index in [1.54, 1.807) is 0 Å². The quantitative estimate of drug-likeness (QED) is 0.270. The second kappa shape index (κ2) is 12.2. The van der Waals surface area contributed by atoms with Crippen LogP contribution in [0, 0.1) is 16.7 Å². The van der Waals surface area contributed by atoms with Crippen LogP contribution in [0.15, 0.2) is 24.3 Å². The number of amides is 1. The summed E-state index contributed by atoms with van der Waals surface area (Å²) in [7, 11) is 0. The van der Waals surface area contributed by atoms with E-state index in [-0.39, 0.29) is 47.1 Å². The van der Waals surface area contributed by atoms with Crippen LogP contribution in [0.5, 0.6) is 0 Å². The topological polar surface area (TPSA) is 64.6 Å². The van der Waals surface area contributed by atoms with Gasteiger partial charge in [-0.15, -0.1) is 0 Å². The Morgan fingerprint density at radius 2 is 1.82 bits per heavy atom. The number of carbonyl (C=O) groups excluding carboxylic acids is 2. The molecule has 0 aliphatic heterocycles. The minimum Gasteiger partial charge on any atom is -0.460 e. The van der Waals surface area contributed by atoms with Crippen molar-refractivity contribution < 1.29 is 19.1 Å². The van der Waals surface area contributed by atoms with Crippen LogP contribution in [-0.4, -0.2) is 36.2 Å².